The van der Waals surface area contributed by atoms with Crippen molar-refractivity contribution in [2.45, 2.75) is 26.8 Å². The average Bonchev–Trinajstić information content (AvgIpc) is 2.70. The number of rotatable bonds is 6. The van der Waals surface area contributed by atoms with Gasteiger partial charge in [0.25, 0.3) is 11.5 Å². The van der Waals surface area contributed by atoms with Crippen LogP contribution in [0.5, 0.6) is 0 Å². The molecular formula is C22H22FN3O3. The van der Waals surface area contributed by atoms with Gasteiger partial charge in [0.1, 0.15) is 12.4 Å². The van der Waals surface area contributed by atoms with E-state index in [4.69, 9.17) is 0 Å². The number of carbonyl (C=O) groups is 2. The fourth-order valence-electron chi connectivity index (χ4n) is 3.12. The van der Waals surface area contributed by atoms with Gasteiger partial charge in [-0.1, -0.05) is 25.1 Å². The minimum atomic E-state index is -0.448. The quantitative estimate of drug-likeness (QED) is 0.673. The molecule has 0 radical (unpaired) electrons. The van der Waals surface area contributed by atoms with Crippen LogP contribution in [0.15, 0.2) is 53.3 Å². The number of carbonyl (C=O) groups excluding carboxylic acids is 2. The van der Waals surface area contributed by atoms with Crippen LogP contribution in [-0.4, -0.2) is 22.9 Å². The molecule has 2 N–H and O–H groups in total. The van der Waals surface area contributed by atoms with E-state index in [1.165, 1.54) is 28.8 Å². The lowest BCUT2D eigenvalue weighted by Gasteiger charge is -2.14. The molecule has 0 atom stereocenters. The molecule has 1 heterocycles. The van der Waals surface area contributed by atoms with Gasteiger partial charge >= 0.3 is 0 Å². The number of benzene rings is 2. The monoisotopic (exact) mass is 395 g/mol. The second kappa shape index (κ2) is 8.68. The Balaban J connectivity index is 1.93. The van der Waals surface area contributed by atoms with Crippen LogP contribution >= 0.6 is 0 Å². The smallest absolute Gasteiger partial charge is 0.252 e. The third kappa shape index (κ3) is 4.51. The number of nitrogens with one attached hydrogen (secondary N) is 2. The lowest BCUT2D eigenvalue weighted by atomic mass is 10.1. The summed E-state index contributed by atoms with van der Waals surface area (Å²) < 4.78 is 14.6. The topological polar surface area (TPSA) is 80.2 Å². The van der Waals surface area contributed by atoms with Crippen LogP contribution in [-0.2, 0) is 11.3 Å². The number of aromatic nitrogens is 1. The van der Waals surface area contributed by atoms with Crippen LogP contribution in [0.1, 0.15) is 29.3 Å². The molecule has 0 aliphatic rings. The Morgan fingerprint density at radius 2 is 1.86 bits per heavy atom. The van der Waals surface area contributed by atoms with Gasteiger partial charge in [-0.25, -0.2) is 4.39 Å². The second-order valence-electron chi connectivity index (χ2n) is 6.76. The van der Waals surface area contributed by atoms with E-state index in [1.54, 1.807) is 31.2 Å². The standard InChI is InChI=1S/C22H22FN3O3/c1-3-10-24-22(29)17-12-21(28)26(19-7-5-4-6-16(17)19)13-20(27)25-18-9-8-15(23)11-14(18)2/h4-9,11-12H,3,10,13H2,1-2H3,(H,24,29)(H,25,27). The highest BCUT2D eigenvalue weighted by Gasteiger charge is 2.16. The molecule has 150 valence electrons. The highest BCUT2D eigenvalue weighted by Crippen LogP contribution is 2.18. The molecule has 2 aromatic carbocycles. The highest BCUT2D eigenvalue weighted by atomic mass is 19.1. The maximum atomic E-state index is 13.2. The fraction of sp³-hybridized carbons (Fsp3) is 0.227. The Labute approximate surface area is 167 Å². The number of amides is 2. The maximum absolute atomic E-state index is 13.2. The van der Waals surface area contributed by atoms with Crippen LogP contribution < -0.4 is 16.2 Å². The first-order valence-corrected chi connectivity index (χ1v) is 9.37. The Kier molecular flexibility index (Phi) is 6.07. The van der Waals surface area contributed by atoms with Crippen molar-refractivity contribution in [3.8, 4) is 0 Å². The molecule has 0 spiro atoms. The highest BCUT2D eigenvalue weighted by molar-refractivity contribution is 6.06. The lowest BCUT2D eigenvalue weighted by Crippen LogP contribution is -2.31. The van der Waals surface area contributed by atoms with E-state index in [0.29, 0.717) is 28.7 Å². The number of hydrogen-bond donors (Lipinski definition) is 2. The minimum Gasteiger partial charge on any atom is -0.352 e. The van der Waals surface area contributed by atoms with E-state index in [0.717, 1.165) is 6.42 Å². The van der Waals surface area contributed by atoms with E-state index in [-0.39, 0.29) is 23.8 Å². The number of para-hydroxylation sites is 1. The van der Waals surface area contributed by atoms with Gasteiger partial charge in [-0.05, 0) is 43.2 Å². The molecule has 0 saturated carbocycles. The first-order valence-electron chi connectivity index (χ1n) is 9.37. The molecule has 0 fully saturated rings. The molecule has 0 aliphatic heterocycles. The molecule has 0 bridgehead atoms. The SMILES string of the molecule is CCCNC(=O)c1cc(=O)n(CC(=O)Nc2ccc(F)cc2C)c2ccccc12. The van der Waals surface area contributed by atoms with Gasteiger partial charge in [0, 0.05) is 23.7 Å². The van der Waals surface area contributed by atoms with Gasteiger partial charge in [0.2, 0.25) is 5.91 Å². The second-order valence-corrected chi connectivity index (χ2v) is 6.76. The van der Waals surface area contributed by atoms with Crippen molar-refractivity contribution in [1.29, 1.82) is 0 Å². The summed E-state index contributed by atoms with van der Waals surface area (Å²) in [6.07, 6.45) is 0.781. The number of anilines is 1. The number of fused-ring (bicyclic) bond motifs is 1. The van der Waals surface area contributed by atoms with Crippen molar-refractivity contribution in [3.05, 3.63) is 75.8 Å². The third-order valence-corrected chi connectivity index (χ3v) is 4.56. The zero-order chi connectivity index (χ0) is 21.0. The average molecular weight is 395 g/mol. The summed E-state index contributed by atoms with van der Waals surface area (Å²) in [5, 5.41) is 6.06. The normalized spacial score (nSPS) is 10.7. The van der Waals surface area contributed by atoms with Gasteiger partial charge in [-0.15, -0.1) is 0 Å². The summed E-state index contributed by atoms with van der Waals surface area (Å²) in [7, 11) is 0. The maximum Gasteiger partial charge on any atom is 0.252 e. The molecule has 0 saturated heterocycles. The van der Waals surface area contributed by atoms with Gasteiger partial charge < -0.3 is 10.6 Å². The molecule has 0 unspecified atom stereocenters. The van der Waals surface area contributed by atoms with Crippen molar-refractivity contribution in [1.82, 2.24) is 9.88 Å². The summed E-state index contributed by atoms with van der Waals surface area (Å²) in [5.74, 6) is -1.13. The molecule has 3 rings (SSSR count). The molecule has 7 heteroatoms. The molecular weight excluding hydrogens is 373 g/mol. The van der Waals surface area contributed by atoms with E-state index < -0.39 is 11.5 Å². The first kappa shape index (κ1) is 20.3. The van der Waals surface area contributed by atoms with Crippen molar-refractivity contribution >= 4 is 28.4 Å². The molecule has 3 aromatic rings. The largest absolute Gasteiger partial charge is 0.352 e. The van der Waals surface area contributed by atoms with Gasteiger partial charge in [0.15, 0.2) is 0 Å². The van der Waals surface area contributed by atoms with Crippen molar-refractivity contribution in [3.63, 3.8) is 0 Å². The fourth-order valence-corrected chi connectivity index (χ4v) is 3.12. The van der Waals surface area contributed by atoms with Crippen molar-refractivity contribution in [2.75, 3.05) is 11.9 Å². The number of hydrogen-bond acceptors (Lipinski definition) is 3. The zero-order valence-corrected chi connectivity index (χ0v) is 16.3. The van der Waals surface area contributed by atoms with E-state index in [1.807, 2.05) is 6.92 Å². The number of aryl methyl sites for hydroxylation is 1. The number of pyridine rings is 1. The predicted molar refractivity (Wildman–Crippen MR) is 111 cm³/mol. The Morgan fingerprint density at radius 3 is 2.59 bits per heavy atom. The van der Waals surface area contributed by atoms with E-state index in [9.17, 15) is 18.8 Å². The minimum absolute atomic E-state index is 0.229. The van der Waals surface area contributed by atoms with Crippen LogP contribution in [0.4, 0.5) is 10.1 Å². The molecule has 0 aliphatic carbocycles. The van der Waals surface area contributed by atoms with E-state index in [2.05, 4.69) is 10.6 Å². The number of halogens is 1. The summed E-state index contributed by atoms with van der Waals surface area (Å²) in [6, 6.07) is 12.3. The molecule has 29 heavy (non-hydrogen) atoms. The summed E-state index contributed by atoms with van der Waals surface area (Å²) in [5.41, 5.74) is 1.39. The Morgan fingerprint density at radius 1 is 1.10 bits per heavy atom. The number of nitrogens with zero attached hydrogens (tertiary/aromatic N) is 1. The van der Waals surface area contributed by atoms with Gasteiger partial charge in [-0.2, -0.15) is 0 Å². The van der Waals surface area contributed by atoms with Crippen molar-refractivity contribution in [2.24, 2.45) is 0 Å². The van der Waals surface area contributed by atoms with Crippen LogP contribution in [0.25, 0.3) is 10.9 Å². The Hall–Kier alpha value is -3.48. The summed E-state index contributed by atoms with van der Waals surface area (Å²) >= 11 is 0. The summed E-state index contributed by atoms with van der Waals surface area (Å²) in [4.78, 5) is 37.7. The van der Waals surface area contributed by atoms with Crippen LogP contribution in [0.3, 0.4) is 0 Å². The lowest BCUT2D eigenvalue weighted by molar-refractivity contribution is -0.116. The van der Waals surface area contributed by atoms with Crippen LogP contribution in [0, 0.1) is 12.7 Å². The predicted octanol–water partition coefficient (Wildman–Crippen LogP) is 3.23. The summed E-state index contributed by atoms with van der Waals surface area (Å²) in [6.45, 7) is 3.91. The van der Waals surface area contributed by atoms with E-state index >= 15 is 0 Å². The zero-order valence-electron chi connectivity index (χ0n) is 16.3. The van der Waals surface area contributed by atoms with Gasteiger partial charge in [0.05, 0.1) is 11.1 Å². The molecule has 1 aromatic heterocycles. The molecule has 6 nitrogen and oxygen atoms in total. The first-order chi connectivity index (χ1) is 13.9. The van der Waals surface area contributed by atoms with Crippen LogP contribution in [0.2, 0.25) is 0 Å². The Bertz CT molecular complexity index is 1140. The molecule has 2 amide bonds. The van der Waals surface area contributed by atoms with Gasteiger partial charge in [-0.3, -0.25) is 19.0 Å². The third-order valence-electron chi connectivity index (χ3n) is 4.56. The van der Waals surface area contributed by atoms with Crippen molar-refractivity contribution < 1.29 is 14.0 Å².